The minimum Gasteiger partial charge on any atom is -0.481 e. The van der Waals surface area contributed by atoms with Gasteiger partial charge in [-0.1, -0.05) is 6.92 Å². The predicted octanol–water partition coefficient (Wildman–Crippen LogP) is 2.28. The topological polar surface area (TPSA) is 66.4 Å². The van der Waals surface area contributed by atoms with Crippen LogP contribution in [0, 0.1) is 5.92 Å². The second-order valence-corrected chi connectivity index (χ2v) is 6.32. The van der Waals surface area contributed by atoms with Crippen molar-refractivity contribution >= 4 is 23.6 Å². The second-order valence-electron chi connectivity index (χ2n) is 5.18. The summed E-state index contributed by atoms with van der Waals surface area (Å²) in [5, 5.41) is 12.4. The Hall–Kier alpha value is -0.710. The van der Waals surface area contributed by atoms with Crippen molar-refractivity contribution in [2.45, 2.75) is 56.7 Å². The molecule has 1 unspecified atom stereocenters. The van der Waals surface area contributed by atoms with Crippen molar-refractivity contribution in [3.8, 4) is 0 Å². The molecule has 2 N–H and O–H groups in total. The molecule has 18 heavy (non-hydrogen) atoms. The molecule has 0 aromatic rings. The molecule has 1 aliphatic rings. The Kier molecular flexibility index (Phi) is 6.54. The van der Waals surface area contributed by atoms with E-state index in [1.165, 1.54) is 0 Å². The zero-order valence-corrected chi connectivity index (χ0v) is 12.0. The van der Waals surface area contributed by atoms with E-state index in [-0.39, 0.29) is 24.3 Å². The maximum Gasteiger partial charge on any atom is 0.303 e. The average Bonchev–Trinajstić information content (AvgIpc) is 2.28. The zero-order valence-electron chi connectivity index (χ0n) is 11.1. The van der Waals surface area contributed by atoms with Gasteiger partial charge in [-0.3, -0.25) is 9.59 Å². The van der Waals surface area contributed by atoms with E-state index in [1.807, 2.05) is 11.8 Å². The molecular formula is C13H23NO3S. The summed E-state index contributed by atoms with van der Waals surface area (Å²) < 4.78 is 0. The van der Waals surface area contributed by atoms with Gasteiger partial charge in [0.25, 0.3) is 0 Å². The number of carbonyl (C=O) groups is 2. The molecular weight excluding hydrogens is 250 g/mol. The number of amides is 1. The zero-order chi connectivity index (χ0) is 13.5. The first-order valence-corrected chi connectivity index (χ1v) is 7.84. The first kappa shape index (κ1) is 15.3. The van der Waals surface area contributed by atoms with Crippen LogP contribution in [0.4, 0.5) is 0 Å². The Balaban J connectivity index is 2.22. The lowest BCUT2D eigenvalue weighted by atomic mass is 9.94. The standard InChI is InChI=1S/C13H23NO3S/c1-9(8-13(16)17)7-12(15)14-10-3-5-11(18-2)6-4-10/h9-11H,3-8H2,1-2H3,(H,14,15)(H,16,17). The molecule has 0 aromatic heterocycles. The van der Waals surface area contributed by atoms with Crippen LogP contribution < -0.4 is 5.32 Å². The average molecular weight is 273 g/mol. The summed E-state index contributed by atoms with van der Waals surface area (Å²) >= 11 is 1.91. The van der Waals surface area contributed by atoms with Crippen LogP contribution in [-0.4, -0.2) is 34.5 Å². The SMILES string of the molecule is CSC1CCC(NC(=O)CC(C)CC(=O)O)CC1. The quantitative estimate of drug-likeness (QED) is 0.779. The Bertz CT molecular complexity index is 288. The number of hydrogen-bond donors (Lipinski definition) is 2. The number of hydrogen-bond acceptors (Lipinski definition) is 3. The van der Waals surface area contributed by atoms with Crippen LogP contribution in [0.25, 0.3) is 0 Å². The Labute approximate surface area is 113 Å². The van der Waals surface area contributed by atoms with E-state index in [0.717, 1.165) is 30.9 Å². The number of nitrogens with one attached hydrogen (secondary N) is 1. The lowest BCUT2D eigenvalue weighted by molar-refractivity contribution is -0.138. The summed E-state index contributed by atoms with van der Waals surface area (Å²) in [6, 6.07) is 0.290. The molecule has 1 aliphatic carbocycles. The maximum absolute atomic E-state index is 11.7. The van der Waals surface area contributed by atoms with Crippen molar-refractivity contribution < 1.29 is 14.7 Å². The van der Waals surface area contributed by atoms with Gasteiger partial charge in [0.1, 0.15) is 0 Å². The van der Waals surface area contributed by atoms with Crippen LogP contribution in [0.2, 0.25) is 0 Å². The van der Waals surface area contributed by atoms with Crippen LogP contribution in [0.3, 0.4) is 0 Å². The molecule has 4 nitrogen and oxygen atoms in total. The molecule has 1 amide bonds. The van der Waals surface area contributed by atoms with Gasteiger partial charge in [0.2, 0.25) is 5.91 Å². The van der Waals surface area contributed by atoms with E-state index >= 15 is 0 Å². The molecule has 1 atom stereocenters. The fourth-order valence-electron chi connectivity index (χ4n) is 2.42. The van der Waals surface area contributed by atoms with Gasteiger partial charge in [-0.05, 0) is 37.9 Å². The third-order valence-corrected chi connectivity index (χ3v) is 4.57. The Morgan fingerprint density at radius 3 is 2.39 bits per heavy atom. The highest BCUT2D eigenvalue weighted by molar-refractivity contribution is 7.99. The molecule has 0 radical (unpaired) electrons. The second kappa shape index (κ2) is 7.67. The summed E-state index contributed by atoms with van der Waals surface area (Å²) in [5.74, 6) is -0.933. The van der Waals surface area contributed by atoms with Gasteiger partial charge < -0.3 is 10.4 Å². The smallest absolute Gasteiger partial charge is 0.303 e. The summed E-state index contributed by atoms with van der Waals surface area (Å²) in [7, 11) is 0. The first-order valence-electron chi connectivity index (χ1n) is 6.55. The third-order valence-electron chi connectivity index (χ3n) is 3.43. The largest absolute Gasteiger partial charge is 0.481 e. The molecule has 104 valence electrons. The van der Waals surface area contributed by atoms with E-state index in [4.69, 9.17) is 5.11 Å². The number of carboxylic acids is 1. The molecule has 1 fully saturated rings. The third kappa shape index (κ3) is 5.76. The molecule has 0 bridgehead atoms. The Morgan fingerprint density at radius 2 is 1.89 bits per heavy atom. The van der Waals surface area contributed by atoms with Gasteiger partial charge in [0.05, 0.1) is 0 Å². The molecule has 0 heterocycles. The van der Waals surface area contributed by atoms with Crippen LogP contribution in [-0.2, 0) is 9.59 Å². The predicted molar refractivity (Wildman–Crippen MR) is 73.7 cm³/mol. The van der Waals surface area contributed by atoms with Crippen molar-refractivity contribution in [1.29, 1.82) is 0 Å². The van der Waals surface area contributed by atoms with Crippen molar-refractivity contribution in [3.63, 3.8) is 0 Å². The highest BCUT2D eigenvalue weighted by Gasteiger charge is 2.22. The monoisotopic (exact) mass is 273 g/mol. The van der Waals surface area contributed by atoms with E-state index in [2.05, 4.69) is 11.6 Å². The molecule has 0 spiro atoms. The number of aliphatic carboxylic acids is 1. The molecule has 0 saturated heterocycles. The minimum atomic E-state index is -0.837. The van der Waals surface area contributed by atoms with Gasteiger partial charge in [-0.15, -0.1) is 0 Å². The fraction of sp³-hybridized carbons (Fsp3) is 0.846. The number of thioether (sulfide) groups is 1. The van der Waals surface area contributed by atoms with Crippen molar-refractivity contribution in [3.05, 3.63) is 0 Å². The molecule has 0 aliphatic heterocycles. The van der Waals surface area contributed by atoms with Gasteiger partial charge in [-0.25, -0.2) is 0 Å². The number of carboxylic acid groups (broad SMARTS) is 1. The maximum atomic E-state index is 11.7. The lowest BCUT2D eigenvalue weighted by Crippen LogP contribution is -2.38. The summed E-state index contributed by atoms with van der Waals surface area (Å²) in [4.78, 5) is 22.3. The minimum absolute atomic E-state index is 0.00338. The van der Waals surface area contributed by atoms with E-state index in [9.17, 15) is 9.59 Å². The van der Waals surface area contributed by atoms with E-state index < -0.39 is 5.97 Å². The van der Waals surface area contributed by atoms with Gasteiger partial charge in [0, 0.05) is 24.1 Å². The summed E-state index contributed by atoms with van der Waals surface area (Å²) in [6.45, 7) is 1.80. The molecule has 1 saturated carbocycles. The number of rotatable bonds is 6. The highest BCUT2D eigenvalue weighted by Crippen LogP contribution is 2.26. The van der Waals surface area contributed by atoms with Crippen molar-refractivity contribution in [1.82, 2.24) is 5.32 Å². The van der Waals surface area contributed by atoms with Crippen molar-refractivity contribution in [2.24, 2.45) is 5.92 Å². The van der Waals surface area contributed by atoms with Gasteiger partial charge in [0.15, 0.2) is 0 Å². The highest BCUT2D eigenvalue weighted by atomic mass is 32.2. The Morgan fingerprint density at radius 1 is 1.28 bits per heavy atom. The number of carbonyl (C=O) groups excluding carboxylic acids is 1. The van der Waals surface area contributed by atoms with Crippen LogP contribution >= 0.6 is 11.8 Å². The summed E-state index contributed by atoms with van der Waals surface area (Å²) in [5.41, 5.74) is 0. The van der Waals surface area contributed by atoms with Crippen LogP contribution in [0.1, 0.15) is 45.4 Å². The molecule has 5 heteroatoms. The van der Waals surface area contributed by atoms with Gasteiger partial charge in [-0.2, -0.15) is 11.8 Å². The van der Waals surface area contributed by atoms with E-state index in [0.29, 0.717) is 6.42 Å². The molecule has 0 aromatic carbocycles. The fourth-order valence-corrected chi connectivity index (χ4v) is 3.16. The summed E-state index contributed by atoms with van der Waals surface area (Å²) in [6.07, 6.45) is 6.93. The lowest BCUT2D eigenvalue weighted by Gasteiger charge is -2.28. The van der Waals surface area contributed by atoms with Gasteiger partial charge >= 0.3 is 5.97 Å². The normalized spacial score (nSPS) is 25.4. The molecule has 1 rings (SSSR count). The first-order chi connectivity index (χ1) is 8.51. The van der Waals surface area contributed by atoms with Crippen LogP contribution in [0.15, 0.2) is 0 Å². The van der Waals surface area contributed by atoms with E-state index in [1.54, 1.807) is 6.92 Å². The van der Waals surface area contributed by atoms with Crippen molar-refractivity contribution in [2.75, 3.05) is 6.26 Å². The van der Waals surface area contributed by atoms with Crippen LogP contribution in [0.5, 0.6) is 0 Å².